The Kier molecular flexibility index (Phi) is 7.12. The van der Waals surface area contributed by atoms with Crippen LogP contribution in [0.25, 0.3) is 0 Å². The largest absolute Gasteiger partial charge is 0.462 e. The zero-order valence-corrected chi connectivity index (χ0v) is 19.5. The first-order chi connectivity index (χ1) is 17.3. The predicted octanol–water partition coefficient (Wildman–Crippen LogP) is 4.66. The molecule has 0 unspecified atom stereocenters. The molecule has 0 spiro atoms. The number of imide groups is 1. The molecular formula is C26H18ClFN2O6. The van der Waals surface area contributed by atoms with E-state index >= 15 is 0 Å². The average molecular weight is 509 g/mol. The highest BCUT2D eigenvalue weighted by molar-refractivity contribution is 6.53. The number of nitrogens with one attached hydrogen (secondary N) is 1. The number of ether oxygens (including phenoxy) is 2. The number of hydrogen-bond donors (Lipinski definition) is 1. The van der Waals surface area contributed by atoms with Crippen LogP contribution in [0.5, 0.6) is 5.75 Å². The van der Waals surface area contributed by atoms with Crippen molar-refractivity contribution in [2.24, 2.45) is 0 Å². The van der Waals surface area contributed by atoms with Gasteiger partial charge in [0.05, 0.1) is 23.4 Å². The second-order valence-corrected chi connectivity index (χ2v) is 7.80. The maximum Gasteiger partial charge on any atom is 0.343 e. The van der Waals surface area contributed by atoms with Crippen LogP contribution in [0.1, 0.15) is 27.6 Å². The summed E-state index contributed by atoms with van der Waals surface area (Å²) in [5, 5.41) is 2.43. The standard InChI is InChI=1S/C26H18ClFN2O6/c1-2-35-26(34)19-5-3-4-6-20(19)30-23(31)21(27)22(24(30)32)29-17-11-7-15(8-12-17)25(33)36-18-13-9-16(28)10-14-18/h3-14,29H,2H2,1H3. The zero-order chi connectivity index (χ0) is 25.8. The SMILES string of the molecule is CCOC(=O)c1ccccc1N1C(=O)C(Cl)=C(Nc2ccc(C(=O)Oc3ccc(F)cc3)cc2)C1=O. The van der Waals surface area contributed by atoms with Gasteiger partial charge in [0.2, 0.25) is 0 Å². The van der Waals surface area contributed by atoms with Crippen molar-refractivity contribution in [1.82, 2.24) is 0 Å². The number of rotatable bonds is 7. The minimum absolute atomic E-state index is 0.0378. The Labute approximate surface area is 209 Å². The molecule has 1 heterocycles. The third kappa shape index (κ3) is 4.96. The average Bonchev–Trinajstić information content (AvgIpc) is 3.08. The Hall–Kier alpha value is -4.50. The minimum atomic E-state index is -0.805. The number of carbonyl (C=O) groups excluding carboxylic acids is 4. The highest BCUT2D eigenvalue weighted by atomic mass is 35.5. The molecule has 0 aliphatic carbocycles. The summed E-state index contributed by atoms with van der Waals surface area (Å²) in [6.45, 7) is 1.76. The van der Waals surface area contributed by atoms with E-state index in [1.807, 2.05) is 0 Å². The van der Waals surface area contributed by atoms with Crippen molar-refractivity contribution in [2.75, 3.05) is 16.8 Å². The molecule has 3 aromatic rings. The van der Waals surface area contributed by atoms with Gasteiger partial charge in [0.1, 0.15) is 22.3 Å². The van der Waals surface area contributed by atoms with Gasteiger partial charge in [-0.2, -0.15) is 0 Å². The van der Waals surface area contributed by atoms with Gasteiger partial charge in [-0.1, -0.05) is 23.7 Å². The summed E-state index contributed by atoms with van der Waals surface area (Å²) in [6, 6.07) is 16.9. The molecule has 0 aromatic heterocycles. The maximum atomic E-state index is 13.1. The van der Waals surface area contributed by atoms with Crippen molar-refractivity contribution in [3.63, 3.8) is 0 Å². The molecule has 1 aliphatic rings. The summed E-state index contributed by atoms with van der Waals surface area (Å²) in [6.07, 6.45) is 0. The smallest absolute Gasteiger partial charge is 0.343 e. The fraction of sp³-hybridized carbons (Fsp3) is 0.0769. The number of nitrogens with zero attached hydrogens (tertiary/aromatic N) is 1. The third-order valence-corrected chi connectivity index (χ3v) is 5.43. The van der Waals surface area contributed by atoms with Crippen LogP contribution in [0, 0.1) is 5.82 Å². The van der Waals surface area contributed by atoms with E-state index in [-0.39, 0.29) is 39.9 Å². The summed E-state index contributed by atoms with van der Waals surface area (Å²) in [5.41, 5.74) is 0.449. The number of amides is 2. The Morgan fingerprint density at radius 1 is 0.917 bits per heavy atom. The molecule has 4 rings (SSSR count). The second kappa shape index (κ2) is 10.4. The van der Waals surface area contributed by atoms with E-state index < -0.39 is 29.6 Å². The summed E-state index contributed by atoms with van der Waals surface area (Å²) < 4.78 is 23.2. The molecule has 1 aliphatic heterocycles. The Morgan fingerprint density at radius 2 is 1.58 bits per heavy atom. The number of esters is 2. The zero-order valence-electron chi connectivity index (χ0n) is 18.8. The van der Waals surface area contributed by atoms with Crippen molar-refractivity contribution in [1.29, 1.82) is 0 Å². The number of hydrogen-bond acceptors (Lipinski definition) is 7. The highest BCUT2D eigenvalue weighted by Crippen LogP contribution is 2.32. The molecule has 0 fully saturated rings. The number of anilines is 2. The first-order valence-electron chi connectivity index (χ1n) is 10.7. The Morgan fingerprint density at radius 3 is 2.25 bits per heavy atom. The van der Waals surface area contributed by atoms with E-state index in [9.17, 15) is 23.6 Å². The number of carbonyl (C=O) groups is 4. The minimum Gasteiger partial charge on any atom is -0.462 e. The molecule has 10 heteroatoms. The summed E-state index contributed by atoms with van der Waals surface area (Å²) in [5.74, 6) is -3.20. The van der Waals surface area contributed by atoms with E-state index in [0.29, 0.717) is 5.69 Å². The molecule has 0 atom stereocenters. The summed E-state index contributed by atoms with van der Waals surface area (Å²) in [7, 11) is 0. The lowest BCUT2D eigenvalue weighted by Crippen LogP contribution is -2.33. The van der Waals surface area contributed by atoms with Gasteiger partial charge < -0.3 is 14.8 Å². The molecule has 0 saturated carbocycles. The summed E-state index contributed by atoms with van der Waals surface area (Å²) >= 11 is 6.18. The fourth-order valence-electron chi connectivity index (χ4n) is 3.38. The topological polar surface area (TPSA) is 102 Å². The predicted molar refractivity (Wildman–Crippen MR) is 129 cm³/mol. The van der Waals surface area contributed by atoms with Gasteiger partial charge in [-0.05, 0) is 67.6 Å². The Bertz CT molecular complexity index is 1390. The lowest BCUT2D eigenvalue weighted by molar-refractivity contribution is -0.120. The van der Waals surface area contributed by atoms with Gasteiger partial charge >= 0.3 is 11.9 Å². The van der Waals surface area contributed by atoms with Crippen LogP contribution < -0.4 is 15.0 Å². The normalized spacial score (nSPS) is 13.1. The van der Waals surface area contributed by atoms with Crippen LogP contribution in [0.3, 0.4) is 0 Å². The number of halogens is 2. The molecular weight excluding hydrogens is 491 g/mol. The second-order valence-electron chi connectivity index (χ2n) is 7.42. The monoisotopic (exact) mass is 508 g/mol. The van der Waals surface area contributed by atoms with Crippen LogP contribution >= 0.6 is 11.6 Å². The molecule has 8 nitrogen and oxygen atoms in total. The first-order valence-corrected chi connectivity index (χ1v) is 11.1. The molecule has 3 aromatic carbocycles. The molecule has 2 amide bonds. The third-order valence-electron chi connectivity index (χ3n) is 5.08. The maximum absolute atomic E-state index is 13.1. The number of benzene rings is 3. The van der Waals surface area contributed by atoms with Gasteiger partial charge in [0.25, 0.3) is 11.8 Å². The van der Waals surface area contributed by atoms with Crippen molar-refractivity contribution in [2.45, 2.75) is 6.92 Å². The van der Waals surface area contributed by atoms with Crippen molar-refractivity contribution in [3.05, 3.63) is 100 Å². The molecule has 0 saturated heterocycles. The van der Waals surface area contributed by atoms with Crippen LogP contribution in [-0.4, -0.2) is 30.4 Å². The molecule has 0 bridgehead atoms. The fourth-order valence-corrected chi connectivity index (χ4v) is 3.60. The molecule has 0 radical (unpaired) electrons. The highest BCUT2D eigenvalue weighted by Gasteiger charge is 2.40. The van der Waals surface area contributed by atoms with Crippen LogP contribution in [0.2, 0.25) is 0 Å². The number of para-hydroxylation sites is 1. The van der Waals surface area contributed by atoms with Gasteiger partial charge in [0.15, 0.2) is 0 Å². The van der Waals surface area contributed by atoms with Crippen molar-refractivity contribution >= 4 is 46.7 Å². The van der Waals surface area contributed by atoms with E-state index in [0.717, 1.165) is 4.90 Å². The van der Waals surface area contributed by atoms with Crippen molar-refractivity contribution in [3.8, 4) is 5.75 Å². The lowest BCUT2D eigenvalue weighted by atomic mass is 10.1. The van der Waals surface area contributed by atoms with Crippen LogP contribution in [-0.2, 0) is 14.3 Å². The first kappa shape index (κ1) is 24.6. The molecule has 36 heavy (non-hydrogen) atoms. The van der Waals surface area contributed by atoms with Gasteiger partial charge in [-0.3, -0.25) is 9.59 Å². The van der Waals surface area contributed by atoms with E-state index in [1.54, 1.807) is 19.1 Å². The van der Waals surface area contributed by atoms with Gasteiger partial charge in [-0.25, -0.2) is 18.9 Å². The Balaban J connectivity index is 1.51. The quantitative estimate of drug-likeness (QED) is 0.281. The van der Waals surface area contributed by atoms with Crippen molar-refractivity contribution < 1.29 is 33.0 Å². The van der Waals surface area contributed by atoms with Gasteiger partial charge in [0, 0.05) is 5.69 Å². The van der Waals surface area contributed by atoms with Crippen LogP contribution in [0.4, 0.5) is 15.8 Å². The molecule has 182 valence electrons. The van der Waals surface area contributed by atoms with E-state index in [2.05, 4.69) is 5.32 Å². The van der Waals surface area contributed by atoms with E-state index in [4.69, 9.17) is 21.1 Å². The van der Waals surface area contributed by atoms with E-state index in [1.165, 1.54) is 60.7 Å². The molecule has 1 N–H and O–H groups in total. The lowest BCUT2D eigenvalue weighted by Gasteiger charge is -2.18. The van der Waals surface area contributed by atoms with Gasteiger partial charge in [-0.15, -0.1) is 0 Å². The summed E-state index contributed by atoms with van der Waals surface area (Å²) in [4.78, 5) is 51.4. The van der Waals surface area contributed by atoms with Crippen LogP contribution in [0.15, 0.2) is 83.5 Å².